The summed E-state index contributed by atoms with van der Waals surface area (Å²) < 4.78 is 16.4. The van der Waals surface area contributed by atoms with Crippen LogP contribution in [0.25, 0.3) is 0 Å². The maximum atomic E-state index is 9.68. The van der Waals surface area contributed by atoms with Crippen LogP contribution >= 0.6 is 0 Å². The fourth-order valence-electron chi connectivity index (χ4n) is 1.92. The molecule has 0 amide bonds. The van der Waals surface area contributed by atoms with Crippen LogP contribution in [0.5, 0.6) is 0 Å². The van der Waals surface area contributed by atoms with Crippen molar-refractivity contribution >= 4 is 0 Å². The van der Waals surface area contributed by atoms with Crippen LogP contribution in [0.2, 0.25) is 0 Å². The standard InChI is InChI=1S/C10H16O4/c1-3-8-7(11)4-9-10(14-8)5-12-6(2)13-9/h3,6-11H,1,4-5H2,2H3/t6-,7-,8+,9+,10-/m1/s1. The number of rotatable bonds is 1. The van der Waals surface area contributed by atoms with E-state index in [4.69, 9.17) is 14.2 Å². The van der Waals surface area contributed by atoms with Crippen molar-refractivity contribution in [2.24, 2.45) is 0 Å². The molecule has 5 atom stereocenters. The molecule has 1 N–H and O–H groups in total. The first kappa shape index (κ1) is 10.1. The lowest BCUT2D eigenvalue weighted by atomic mass is 9.98. The molecule has 0 spiro atoms. The Morgan fingerprint density at radius 3 is 2.86 bits per heavy atom. The lowest BCUT2D eigenvalue weighted by Crippen LogP contribution is -2.53. The highest BCUT2D eigenvalue weighted by atomic mass is 16.7. The molecule has 2 rings (SSSR count). The van der Waals surface area contributed by atoms with Gasteiger partial charge < -0.3 is 19.3 Å². The van der Waals surface area contributed by atoms with Gasteiger partial charge >= 0.3 is 0 Å². The summed E-state index contributed by atoms with van der Waals surface area (Å²) in [7, 11) is 0. The van der Waals surface area contributed by atoms with Crippen molar-refractivity contribution < 1.29 is 19.3 Å². The predicted molar refractivity (Wildman–Crippen MR) is 49.8 cm³/mol. The topological polar surface area (TPSA) is 47.9 Å². The number of fused-ring (bicyclic) bond motifs is 1. The fourth-order valence-corrected chi connectivity index (χ4v) is 1.92. The minimum absolute atomic E-state index is 0.0510. The molecule has 4 heteroatoms. The van der Waals surface area contributed by atoms with Crippen LogP contribution in [0.15, 0.2) is 12.7 Å². The number of hydrogen-bond donors (Lipinski definition) is 1. The van der Waals surface area contributed by atoms with Gasteiger partial charge in [0.15, 0.2) is 6.29 Å². The first-order chi connectivity index (χ1) is 6.70. The first-order valence-corrected chi connectivity index (χ1v) is 4.94. The maximum absolute atomic E-state index is 9.68. The Kier molecular flexibility index (Phi) is 2.88. The zero-order valence-electron chi connectivity index (χ0n) is 8.26. The van der Waals surface area contributed by atoms with Gasteiger partial charge in [0.1, 0.15) is 12.2 Å². The van der Waals surface area contributed by atoms with Gasteiger partial charge in [-0.25, -0.2) is 0 Å². The molecule has 0 radical (unpaired) electrons. The monoisotopic (exact) mass is 200 g/mol. The molecular formula is C10H16O4. The Morgan fingerprint density at radius 1 is 1.36 bits per heavy atom. The SMILES string of the molecule is C=C[C@@H]1O[C@@H]2CO[C@@H](C)O[C@H]2C[C@H]1O. The summed E-state index contributed by atoms with van der Waals surface area (Å²) >= 11 is 0. The number of aliphatic hydroxyl groups is 1. The quantitative estimate of drug-likeness (QED) is 0.624. The molecule has 0 saturated carbocycles. The molecule has 80 valence electrons. The molecule has 0 unspecified atom stereocenters. The van der Waals surface area contributed by atoms with E-state index in [0.717, 1.165) is 0 Å². The van der Waals surface area contributed by atoms with Crippen molar-refractivity contribution in [3.05, 3.63) is 12.7 Å². The third kappa shape index (κ3) is 1.83. The van der Waals surface area contributed by atoms with Crippen molar-refractivity contribution in [1.82, 2.24) is 0 Å². The van der Waals surface area contributed by atoms with E-state index >= 15 is 0 Å². The van der Waals surface area contributed by atoms with E-state index in [1.807, 2.05) is 6.92 Å². The van der Waals surface area contributed by atoms with Gasteiger partial charge in [0, 0.05) is 6.42 Å². The second kappa shape index (κ2) is 3.98. The molecule has 0 bridgehead atoms. The minimum Gasteiger partial charge on any atom is -0.390 e. The van der Waals surface area contributed by atoms with Crippen molar-refractivity contribution in [2.45, 2.75) is 44.1 Å². The molecule has 2 heterocycles. The van der Waals surface area contributed by atoms with Gasteiger partial charge in [0.2, 0.25) is 0 Å². The van der Waals surface area contributed by atoms with Crippen LogP contribution in [0.3, 0.4) is 0 Å². The van der Waals surface area contributed by atoms with E-state index in [2.05, 4.69) is 6.58 Å². The van der Waals surface area contributed by atoms with Crippen molar-refractivity contribution in [3.63, 3.8) is 0 Å². The molecule has 0 aromatic heterocycles. The summed E-state index contributed by atoms with van der Waals surface area (Å²) in [6.45, 7) is 6.00. The fraction of sp³-hybridized carbons (Fsp3) is 0.800. The molecule has 2 aliphatic rings. The van der Waals surface area contributed by atoms with Gasteiger partial charge in [-0.2, -0.15) is 0 Å². The van der Waals surface area contributed by atoms with E-state index in [9.17, 15) is 5.11 Å². The first-order valence-electron chi connectivity index (χ1n) is 4.94. The van der Waals surface area contributed by atoms with Crippen molar-refractivity contribution in [2.75, 3.05) is 6.61 Å². The molecule has 14 heavy (non-hydrogen) atoms. The van der Waals surface area contributed by atoms with E-state index < -0.39 is 6.10 Å². The number of hydrogen-bond acceptors (Lipinski definition) is 4. The second-order valence-electron chi connectivity index (χ2n) is 3.75. The van der Waals surface area contributed by atoms with Gasteiger partial charge in [0.25, 0.3) is 0 Å². The summed E-state index contributed by atoms with van der Waals surface area (Å²) in [6, 6.07) is 0. The predicted octanol–water partition coefficient (Wildman–Crippen LogP) is 0.452. The van der Waals surface area contributed by atoms with Gasteiger partial charge in [-0.15, -0.1) is 6.58 Å². The molecule has 2 saturated heterocycles. The smallest absolute Gasteiger partial charge is 0.155 e. The highest BCUT2D eigenvalue weighted by Gasteiger charge is 2.40. The second-order valence-corrected chi connectivity index (χ2v) is 3.75. The lowest BCUT2D eigenvalue weighted by Gasteiger charge is -2.42. The van der Waals surface area contributed by atoms with Crippen LogP contribution in [-0.4, -0.2) is 42.4 Å². The van der Waals surface area contributed by atoms with Crippen LogP contribution < -0.4 is 0 Å². The minimum atomic E-state index is -0.515. The van der Waals surface area contributed by atoms with Crippen LogP contribution in [0.1, 0.15) is 13.3 Å². The highest BCUT2D eigenvalue weighted by molar-refractivity contribution is 4.95. The molecular weight excluding hydrogens is 184 g/mol. The largest absolute Gasteiger partial charge is 0.390 e. The third-order valence-electron chi connectivity index (χ3n) is 2.69. The van der Waals surface area contributed by atoms with Crippen molar-refractivity contribution in [3.8, 4) is 0 Å². The van der Waals surface area contributed by atoms with Gasteiger partial charge in [-0.1, -0.05) is 6.08 Å². The van der Waals surface area contributed by atoms with E-state index in [1.165, 1.54) is 0 Å². The average Bonchev–Trinajstić information content (AvgIpc) is 2.16. The zero-order valence-corrected chi connectivity index (χ0v) is 8.26. The highest BCUT2D eigenvalue weighted by Crippen LogP contribution is 2.27. The molecule has 0 aromatic carbocycles. The Hall–Kier alpha value is -0.420. The Labute approximate surface area is 83.5 Å². The normalized spacial score (nSPS) is 48.3. The molecule has 2 aliphatic heterocycles. The van der Waals surface area contributed by atoms with E-state index in [-0.39, 0.29) is 24.6 Å². The summed E-state index contributed by atoms with van der Waals surface area (Å²) in [5.74, 6) is 0. The van der Waals surface area contributed by atoms with Crippen LogP contribution in [0, 0.1) is 0 Å². The van der Waals surface area contributed by atoms with Gasteiger partial charge in [-0.3, -0.25) is 0 Å². The summed E-state index contributed by atoms with van der Waals surface area (Å²) in [4.78, 5) is 0. The third-order valence-corrected chi connectivity index (χ3v) is 2.69. The van der Waals surface area contributed by atoms with Crippen LogP contribution in [0.4, 0.5) is 0 Å². The zero-order chi connectivity index (χ0) is 10.1. The average molecular weight is 200 g/mol. The number of aliphatic hydroxyl groups excluding tert-OH is 1. The summed E-state index contributed by atoms with van der Waals surface area (Å²) in [6.07, 6.45) is 1.08. The van der Waals surface area contributed by atoms with Gasteiger partial charge in [-0.05, 0) is 6.92 Å². The van der Waals surface area contributed by atoms with Gasteiger partial charge in [0.05, 0.1) is 18.8 Å². The van der Waals surface area contributed by atoms with Crippen LogP contribution in [-0.2, 0) is 14.2 Å². The van der Waals surface area contributed by atoms with E-state index in [0.29, 0.717) is 13.0 Å². The molecule has 2 fully saturated rings. The molecule has 0 aromatic rings. The maximum Gasteiger partial charge on any atom is 0.155 e. The molecule has 4 nitrogen and oxygen atoms in total. The Morgan fingerprint density at radius 2 is 2.14 bits per heavy atom. The van der Waals surface area contributed by atoms with Crippen molar-refractivity contribution in [1.29, 1.82) is 0 Å². The number of ether oxygens (including phenoxy) is 3. The lowest BCUT2D eigenvalue weighted by molar-refractivity contribution is -0.287. The summed E-state index contributed by atoms with van der Waals surface area (Å²) in [5.41, 5.74) is 0. The Bertz CT molecular complexity index is 218. The Balaban J connectivity index is 2.00. The molecule has 0 aliphatic carbocycles. The summed E-state index contributed by atoms with van der Waals surface area (Å²) in [5, 5.41) is 9.68. The van der Waals surface area contributed by atoms with E-state index in [1.54, 1.807) is 6.08 Å².